The van der Waals surface area contributed by atoms with Gasteiger partial charge in [0.15, 0.2) is 16.6 Å². The fourth-order valence-electron chi connectivity index (χ4n) is 2.04. The van der Waals surface area contributed by atoms with Gasteiger partial charge < -0.3 is 9.84 Å². The lowest BCUT2D eigenvalue weighted by Crippen LogP contribution is -2.08. The molecule has 0 aliphatic heterocycles. The zero-order valence-electron chi connectivity index (χ0n) is 11.9. The summed E-state index contributed by atoms with van der Waals surface area (Å²) in [5.41, 5.74) is 1.27. The summed E-state index contributed by atoms with van der Waals surface area (Å²) in [6.45, 7) is 1.65. The monoisotopic (exact) mass is 347 g/mol. The summed E-state index contributed by atoms with van der Waals surface area (Å²) in [5, 5.41) is 11.8. The molecule has 1 N–H and O–H groups in total. The Bertz CT molecular complexity index is 868. The third-order valence-electron chi connectivity index (χ3n) is 2.98. The van der Waals surface area contributed by atoms with Crippen molar-refractivity contribution in [3.05, 3.63) is 46.6 Å². The van der Waals surface area contributed by atoms with Gasteiger partial charge in [-0.05, 0) is 13.0 Å². The molecule has 0 amide bonds. The van der Waals surface area contributed by atoms with Crippen molar-refractivity contribution in [1.29, 1.82) is 0 Å². The SMILES string of the molecule is Cc1nc(-c2nccs2)nc(-c2ccccc2Cl)c1OC(=O)O. The Morgan fingerprint density at radius 1 is 1.30 bits per heavy atom. The van der Waals surface area contributed by atoms with E-state index < -0.39 is 6.16 Å². The van der Waals surface area contributed by atoms with Gasteiger partial charge >= 0.3 is 6.16 Å². The van der Waals surface area contributed by atoms with Gasteiger partial charge in [-0.1, -0.05) is 29.8 Å². The zero-order chi connectivity index (χ0) is 16.4. The zero-order valence-corrected chi connectivity index (χ0v) is 13.4. The molecule has 2 aromatic heterocycles. The molecule has 0 saturated carbocycles. The number of carbonyl (C=O) groups is 1. The van der Waals surface area contributed by atoms with Crippen LogP contribution in [0, 0.1) is 6.92 Å². The Labute approximate surface area is 140 Å². The molecule has 3 aromatic rings. The van der Waals surface area contributed by atoms with Crippen LogP contribution < -0.4 is 4.74 Å². The van der Waals surface area contributed by atoms with Gasteiger partial charge in [0.2, 0.25) is 0 Å². The summed E-state index contributed by atoms with van der Waals surface area (Å²) in [6.07, 6.45) is 0.210. The van der Waals surface area contributed by atoms with E-state index >= 15 is 0 Å². The number of nitrogens with zero attached hydrogens (tertiary/aromatic N) is 3. The quantitative estimate of drug-likeness (QED) is 0.711. The number of hydrogen-bond acceptors (Lipinski definition) is 6. The molecule has 0 aliphatic rings. The van der Waals surface area contributed by atoms with Crippen molar-refractivity contribution in [2.45, 2.75) is 6.92 Å². The largest absolute Gasteiger partial charge is 0.511 e. The van der Waals surface area contributed by atoms with Gasteiger partial charge in [-0.3, -0.25) is 0 Å². The summed E-state index contributed by atoms with van der Waals surface area (Å²) >= 11 is 7.61. The van der Waals surface area contributed by atoms with E-state index in [4.69, 9.17) is 21.4 Å². The summed E-state index contributed by atoms with van der Waals surface area (Å²) < 4.78 is 4.87. The first-order valence-corrected chi connectivity index (χ1v) is 7.76. The lowest BCUT2D eigenvalue weighted by molar-refractivity contribution is 0.144. The van der Waals surface area contributed by atoms with Crippen LogP contribution in [0.2, 0.25) is 5.02 Å². The van der Waals surface area contributed by atoms with Crippen LogP contribution in [0.3, 0.4) is 0 Å². The van der Waals surface area contributed by atoms with Crippen molar-refractivity contribution in [2.75, 3.05) is 0 Å². The van der Waals surface area contributed by atoms with Crippen molar-refractivity contribution < 1.29 is 14.6 Å². The van der Waals surface area contributed by atoms with E-state index in [1.807, 2.05) is 5.38 Å². The van der Waals surface area contributed by atoms with Gasteiger partial charge in [-0.15, -0.1) is 11.3 Å². The minimum Gasteiger partial charge on any atom is -0.449 e. The highest BCUT2D eigenvalue weighted by atomic mass is 35.5. The number of halogens is 1. The molecule has 0 aliphatic carbocycles. The molecular formula is C15H10ClN3O3S. The highest BCUT2D eigenvalue weighted by Gasteiger charge is 2.20. The molecule has 6 nitrogen and oxygen atoms in total. The van der Waals surface area contributed by atoms with E-state index in [9.17, 15) is 4.79 Å². The standard InChI is InChI=1S/C15H10ClN3O3S/c1-8-12(22-15(20)21)11(9-4-2-3-5-10(9)16)19-13(18-8)14-17-6-7-23-14/h2-7H,1H3,(H,20,21). The number of rotatable bonds is 3. The van der Waals surface area contributed by atoms with Crippen LogP contribution in [0.15, 0.2) is 35.8 Å². The molecule has 8 heteroatoms. The maximum Gasteiger partial charge on any atom is 0.511 e. The van der Waals surface area contributed by atoms with Crippen molar-refractivity contribution in [1.82, 2.24) is 15.0 Å². The van der Waals surface area contributed by atoms with Gasteiger partial charge in [0.05, 0.1) is 10.7 Å². The fourth-order valence-corrected chi connectivity index (χ4v) is 2.83. The molecule has 0 atom stereocenters. The molecule has 116 valence electrons. The van der Waals surface area contributed by atoms with Crippen LogP contribution >= 0.6 is 22.9 Å². The first kappa shape index (κ1) is 15.4. The number of hydrogen-bond donors (Lipinski definition) is 1. The average Bonchev–Trinajstić information content (AvgIpc) is 3.04. The Balaban J connectivity index is 2.25. The highest BCUT2D eigenvalue weighted by molar-refractivity contribution is 7.13. The van der Waals surface area contributed by atoms with Crippen LogP contribution in [0.25, 0.3) is 22.1 Å². The van der Waals surface area contributed by atoms with Gasteiger partial charge in [0.25, 0.3) is 0 Å². The third kappa shape index (κ3) is 3.15. The van der Waals surface area contributed by atoms with Gasteiger partial charge in [0.1, 0.15) is 5.69 Å². The normalized spacial score (nSPS) is 10.5. The minimum absolute atomic E-state index is 0.0610. The van der Waals surface area contributed by atoms with Crippen LogP contribution in [-0.2, 0) is 0 Å². The number of thiazole rings is 1. The summed E-state index contributed by atoms with van der Waals surface area (Å²) in [5.74, 6) is 0.455. The van der Waals surface area contributed by atoms with Crippen molar-refractivity contribution >= 4 is 29.1 Å². The van der Waals surface area contributed by atoms with E-state index in [0.29, 0.717) is 32.8 Å². The van der Waals surface area contributed by atoms with Gasteiger partial charge in [-0.25, -0.2) is 19.7 Å². The van der Waals surface area contributed by atoms with Crippen LogP contribution in [0.5, 0.6) is 5.75 Å². The Morgan fingerprint density at radius 2 is 2.09 bits per heavy atom. The molecule has 0 bridgehead atoms. The molecule has 2 heterocycles. The van der Waals surface area contributed by atoms with E-state index in [1.165, 1.54) is 11.3 Å². The first-order valence-electron chi connectivity index (χ1n) is 6.50. The molecule has 23 heavy (non-hydrogen) atoms. The van der Waals surface area contributed by atoms with Crippen LogP contribution in [-0.4, -0.2) is 26.2 Å². The molecule has 3 rings (SSSR count). The second-order valence-corrected chi connectivity index (χ2v) is 5.80. The maximum absolute atomic E-state index is 11.0. The number of benzene rings is 1. The smallest absolute Gasteiger partial charge is 0.449 e. The molecule has 0 unspecified atom stereocenters. The average molecular weight is 348 g/mol. The number of aromatic nitrogens is 3. The Hall–Kier alpha value is -2.51. The lowest BCUT2D eigenvalue weighted by Gasteiger charge is -2.12. The Morgan fingerprint density at radius 3 is 2.74 bits per heavy atom. The second-order valence-electron chi connectivity index (χ2n) is 4.50. The van der Waals surface area contributed by atoms with Crippen molar-refractivity contribution in [2.24, 2.45) is 0 Å². The van der Waals surface area contributed by atoms with E-state index in [2.05, 4.69) is 15.0 Å². The topological polar surface area (TPSA) is 85.2 Å². The third-order valence-corrected chi connectivity index (χ3v) is 4.08. The summed E-state index contributed by atoms with van der Waals surface area (Å²) in [7, 11) is 0. The lowest BCUT2D eigenvalue weighted by atomic mass is 10.1. The molecule has 0 fully saturated rings. The van der Waals surface area contributed by atoms with Gasteiger partial charge in [-0.2, -0.15) is 0 Å². The van der Waals surface area contributed by atoms with Crippen LogP contribution in [0.1, 0.15) is 5.69 Å². The van der Waals surface area contributed by atoms with Crippen molar-refractivity contribution in [3.63, 3.8) is 0 Å². The molecule has 1 aromatic carbocycles. The Kier molecular flexibility index (Phi) is 4.22. The molecule has 0 saturated heterocycles. The second kappa shape index (κ2) is 6.31. The summed E-state index contributed by atoms with van der Waals surface area (Å²) in [4.78, 5) is 23.9. The van der Waals surface area contributed by atoms with E-state index in [-0.39, 0.29) is 5.75 Å². The fraction of sp³-hybridized carbons (Fsp3) is 0.0667. The highest BCUT2D eigenvalue weighted by Crippen LogP contribution is 2.36. The molecule has 0 spiro atoms. The molecular weight excluding hydrogens is 338 g/mol. The predicted octanol–water partition coefficient (Wildman–Crippen LogP) is 4.29. The van der Waals surface area contributed by atoms with E-state index in [0.717, 1.165) is 0 Å². The minimum atomic E-state index is -1.44. The van der Waals surface area contributed by atoms with E-state index in [1.54, 1.807) is 37.4 Å². The van der Waals surface area contributed by atoms with Gasteiger partial charge in [0, 0.05) is 17.1 Å². The van der Waals surface area contributed by atoms with Crippen molar-refractivity contribution in [3.8, 4) is 27.8 Å². The number of aryl methyl sites for hydroxylation is 1. The predicted molar refractivity (Wildman–Crippen MR) is 87.0 cm³/mol. The summed E-state index contributed by atoms with van der Waals surface area (Å²) in [6, 6.07) is 7.00. The number of ether oxygens (including phenoxy) is 1. The first-order chi connectivity index (χ1) is 11.1. The number of carboxylic acid groups (broad SMARTS) is 1. The molecule has 0 radical (unpaired) electrons. The maximum atomic E-state index is 11.0. The van der Waals surface area contributed by atoms with Crippen LogP contribution in [0.4, 0.5) is 4.79 Å².